The van der Waals surface area contributed by atoms with Crippen molar-refractivity contribution >= 4 is 34.5 Å². The van der Waals surface area contributed by atoms with E-state index in [1.54, 1.807) is 18.4 Å². The Hall–Kier alpha value is -1.52. The highest BCUT2D eigenvalue weighted by atomic mass is 35.5. The molecular formula is C14H15ClN2OS. The van der Waals surface area contributed by atoms with E-state index in [0.29, 0.717) is 5.56 Å². The summed E-state index contributed by atoms with van der Waals surface area (Å²) in [5.41, 5.74) is 2.74. The number of anilines is 1. The fourth-order valence-corrected chi connectivity index (χ4v) is 2.80. The maximum absolute atomic E-state index is 11.5. The number of carbonyl (C=O) groups is 1. The van der Waals surface area contributed by atoms with E-state index in [1.165, 1.54) is 4.88 Å². The Labute approximate surface area is 121 Å². The number of thiophene rings is 1. The minimum absolute atomic E-state index is 0.0697. The molecule has 1 aromatic carbocycles. The molecule has 0 aliphatic heterocycles. The lowest BCUT2D eigenvalue weighted by Gasteiger charge is -2.10. The number of rotatable bonds is 4. The zero-order valence-corrected chi connectivity index (χ0v) is 12.4. The maximum atomic E-state index is 11.5. The average molecular weight is 295 g/mol. The number of nitrogens with one attached hydrogen (secondary N) is 2. The van der Waals surface area contributed by atoms with Crippen molar-refractivity contribution in [1.29, 1.82) is 0 Å². The molecule has 5 heteroatoms. The molecule has 1 aromatic heterocycles. The molecule has 3 nitrogen and oxygen atoms in total. The molecule has 2 aromatic rings. The number of hydrogen-bond donors (Lipinski definition) is 2. The van der Waals surface area contributed by atoms with Crippen LogP contribution in [0.5, 0.6) is 0 Å². The van der Waals surface area contributed by atoms with Gasteiger partial charge in [-0.25, -0.2) is 0 Å². The summed E-state index contributed by atoms with van der Waals surface area (Å²) in [4.78, 5) is 12.7. The van der Waals surface area contributed by atoms with Crippen LogP contribution in [0.1, 0.15) is 20.8 Å². The lowest BCUT2D eigenvalue weighted by Crippen LogP contribution is -2.17. The molecule has 0 saturated carbocycles. The molecule has 0 spiro atoms. The smallest absolute Gasteiger partial charge is 0.251 e. The number of aryl methyl sites for hydroxylation is 1. The Morgan fingerprint density at radius 3 is 2.68 bits per heavy atom. The highest BCUT2D eigenvalue weighted by Gasteiger charge is 2.06. The molecule has 0 fully saturated rings. The second kappa shape index (κ2) is 6.08. The van der Waals surface area contributed by atoms with Crippen LogP contribution in [0.4, 0.5) is 5.69 Å². The topological polar surface area (TPSA) is 41.1 Å². The van der Waals surface area contributed by atoms with Gasteiger partial charge >= 0.3 is 0 Å². The van der Waals surface area contributed by atoms with Crippen molar-refractivity contribution in [3.63, 3.8) is 0 Å². The second-order valence-electron chi connectivity index (χ2n) is 4.17. The van der Waals surface area contributed by atoms with E-state index < -0.39 is 0 Å². The lowest BCUT2D eigenvalue weighted by molar-refractivity contribution is 0.0963. The predicted molar refractivity (Wildman–Crippen MR) is 81.2 cm³/mol. The third-order valence-electron chi connectivity index (χ3n) is 2.80. The first-order chi connectivity index (χ1) is 9.10. The quantitative estimate of drug-likeness (QED) is 0.903. The summed E-state index contributed by atoms with van der Waals surface area (Å²) in [5.74, 6) is -0.0697. The van der Waals surface area contributed by atoms with E-state index in [-0.39, 0.29) is 5.91 Å². The Morgan fingerprint density at radius 2 is 2.11 bits per heavy atom. The highest BCUT2D eigenvalue weighted by molar-refractivity contribution is 7.16. The first-order valence-electron chi connectivity index (χ1n) is 5.91. The zero-order chi connectivity index (χ0) is 13.8. The van der Waals surface area contributed by atoms with E-state index in [9.17, 15) is 4.79 Å². The number of amides is 1. The van der Waals surface area contributed by atoms with E-state index in [1.807, 2.05) is 37.3 Å². The van der Waals surface area contributed by atoms with Crippen molar-refractivity contribution < 1.29 is 4.79 Å². The summed E-state index contributed by atoms with van der Waals surface area (Å²) in [6.07, 6.45) is 0. The molecule has 2 rings (SSSR count). The van der Waals surface area contributed by atoms with Crippen LogP contribution < -0.4 is 10.6 Å². The fraction of sp³-hybridized carbons (Fsp3) is 0.214. The SMILES string of the molecule is CNC(=O)c1ccc(NCc2ccc(Cl)s2)c(C)c1. The molecule has 2 N–H and O–H groups in total. The Balaban J connectivity index is 2.07. The normalized spacial score (nSPS) is 10.3. The van der Waals surface area contributed by atoms with Gasteiger partial charge in [0.1, 0.15) is 0 Å². The van der Waals surface area contributed by atoms with E-state index in [2.05, 4.69) is 10.6 Å². The van der Waals surface area contributed by atoms with Gasteiger partial charge in [0.05, 0.1) is 4.34 Å². The minimum Gasteiger partial charge on any atom is -0.380 e. The third-order valence-corrected chi connectivity index (χ3v) is 4.03. The predicted octanol–water partition coefficient (Wildman–Crippen LogP) is 3.68. The average Bonchev–Trinajstić information content (AvgIpc) is 2.82. The van der Waals surface area contributed by atoms with Gasteiger partial charge < -0.3 is 10.6 Å². The summed E-state index contributed by atoms with van der Waals surface area (Å²) < 4.78 is 0.795. The van der Waals surface area contributed by atoms with Crippen LogP contribution in [0.25, 0.3) is 0 Å². The molecule has 19 heavy (non-hydrogen) atoms. The van der Waals surface area contributed by atoms with Crippen molar-refractivity contribution in [3.8, 4) is 0 Å². The van der Waals surface area contributed by atoms with Crippen LogP contribution in [0.3, 0.4) is 0 Å². The molecule has 100 valence electrons. The van der Waals surface area contributed by atoms with Gasteiger partial charge in [-0.2, -0.15) is 0 Å². The van der Waals surface area contributed by atoms with Crippen LogP contribution in [0.2, 0.25) is 4.34 Å². The van der Waals surface area contributed by atoms with Gasteiger partial charge in [0.15, 0.2) is 0 Å². The van der Waals surface area contributed by atoms with Crippen molar-refractivity contribution in [3.05, 3.63) is 50.7 Å². The summed E-state index contributed by atoms with van der Waals surface area (Å²) >= 11 is 7.45. The second-order valence-corrected chi connectivity index (χ2v) is 5.97. The van der Waals surface area contributed by atoms with Gasteiger partial charge in [-0.15, -0.1) is 11.3 Å². The Morgan fingerprint density at radius 1 is 1.32 bits per heavy atom. The molecule has 0 atom stereocenters. The van der Waals surface area contributed by atoms with Crippen molar-refractivity contribution in [2.24, 2.45) is 0 Å². The van der Waals surface area contributed by atoms with Crippen LogP contribution in [0, 0.1) is 6.92 Å². The van der Waals surface area contributed by atoms with E-state index >= 15 is 0 Å². The number of benzene rings is 1. The first-order valence-corrected chi connectivity index (χ1v) is 7.10. The van der Waals surface area contributed by atoms with Crippen LogP contribution in [-0.2, 0) is 6.54 Å². The first kappa shape index (κ1) is 13.9. The van der Waals surface area contributed by atoms with Gasteiger partial charge in [-0.05, 0) is 42.8 Å². The molecule has 0 unspecified atom stereocenters. The van der Waals surface area contributed by atoms with Crippen molar-refractivity contribution in [2.45, 2.75) is 13.5 Å². The van der Waals surface area contributed by atoms with E-state index in [0.717, 1.165) is 22.1 Å². The molecule has 1 amide bonds. The largest absolute Gasteiger partial charge is 0.380 e. The molecule has 1 heterocycles. The number of hydrogen-bond acceptors (Lipinski definition) is 3. The molecule has 0 aliphatic rings. The standard InChI is InChI=1S/C14H15ClN2OS/c1-9-7-10(14(18)16-2)3-5-12(9)17-8-11-4-6-13(15)19-11/h3-7,17H,8H2,1-2H3,(H,16,18). The van der Waals surface area contributed by atoms with Gasteiger partial charge in [0, 0.05) is 29.7 Å². The lowest BCUT2D eigenvalue weighted by atomic mass is 10.1. The van der Waals surface area contributed by atoms with Gasteiger partial charge in [0.2, 0.25) is 0 Å². The summed E-state index contributed by atoms with van der Waals surface area (Å²) in [6.45, 7) is 2.72. The third kappa shape index (κ3) is 3.49. The number of halogens is 1. The molecule has 0 radical (unpaired) electrons. The summed E-state index contributed by atoms with van der Waals surface area (Å²) in [5, 5.41) is 5.96. The molecule has 0 bridgehead atoms. The fourth-order valence-electron chi connectivity index (χ4n) is 1.78. The Kier molecular flexibility index (Phi) is 4.45. The van der Waals surface area contributed by atoms with Crippen molar-refractivity contribution in [2.75, 3.05) is 12.4 Å². The Bertz CT molecular complexity index is 595. The molecule has 0 saturated heterocycles. The zero-order valence-electron chi connectivity index (χ0n) is 10.8. The summed E-state index contributed by atoms with van der Waals surface area (Å²) in [7, 11) is 1.63. The molecular weight excluding hydrogens is 280 g/mol. The number of carbonyl (C=O) groups excluding carboxylic acids is 1. The maximum Gasteiger partial charge on any atom is 0.251 e. The van der Waals surface area contributed by atoms with Crippen LogP contribution in [0.15, 0.2) is 30.3 Å². The van der Waals surface area contributed by atoms with E-state index in [4.69, 9.17) is 11.6 Å². The van der Waals surface area contributed by atoms with Gasteiger partial charge in [-0.3, -0.25) is 4.79 Å². The van der Waals surface area contributed by atoms with Gasteiger partial charge in [-0.1, -0.05) is 11.6 Å². The highest BCUT2D eigenvalue weighted by Crippen LogP contribution is 2.23. The van der Waals surface area contributed by atoms with Crippen LogP contribution >= 0.6 is 22.9 Å². The summed E-state index contributed by atoms with van der Waals surface area (Å²) in [6, 6.07) is 9.52. The van der Waals surface area contributed by atoms with Crippen LogP contribution in [-0.4, -0.2) is 13.0 Å². The monoisotopic (exact) mass is 294 g/mol. The van der Waals surface area contributed by atoms with Crippen molar-refractivity contribution in [1.82, 2.24) is 5.32 Å². The van der Waals surface area contributed by atoms with Gasteiger partial charge in [0.25, 0.3) is 5.91 Å². The molecule has 0 aliphatic carbocycles. The minimum atomic E-state index is -0.0697.